The first-order chi connectivity index (χ1) is 8.61. The number of rotatable bonds is 4. The van der Waals surface area contributed by atoms with Gasteiger partial charge in [-0.05, 0) is 6.92 Å². The summed E-state index contributed by atoms with van der Waals surface area (Å²) in [5.41, 5.74) is 5.58. The summed E-state index contributed by atoms with van der Waals surface area (Å²) in [7, 11) is 0. The molecule has 2 rings (SSSR count). The van der Waals surface area contributed by atoms with Crippen LogP contribution in [0, 0.1) is 10.1 Å². The lowest BCUT2D eigenvalue weighted by Crippen LogP contribution is -2.08. The molecule has 0 unspecified atom stereocenters. The van der Waals surface area contributed by atoms with Gasteiger partial charge in [-0.1, -0.05) is 0 Å². The second kappa shape index (κ2) is 4.78. The molecule has 0 aliphatic heterocycles. The molecule has 0 radical (unpaired) electrons. The molecule has 2 aromatic heterocycles. The number of aromatic nitrogens is 4. The van der Waals surface area contributed by atoms with E-state index in [2.05, 4.69) is 15.0 Å². The first kappa shape index (κ1) is 12.0. The lowest BCUT2D eigenvalue weighted by atomic mass is 10.2. The SMILES string of the molecule is CCn1ccnc1Cc1nc(N)ncc1[N+](=O)[O-]. The molecule has 0 saturated carbocycles. The van der Waals surface area contributed by atoms with Gasteiger partial charge in [0.2, 0.25) is 5.95 Å². The van der Waals surface area contributed by atoms with Crippen molar-refractivity contribution in [3.63, 3.8) is 0 Å². The zero-order valence-electron chi connectivity index (χ0n) is 9.78. The lowest BCUT2D eigenvalue weighted by Gasteiger charge is -2.05. The Balaban J connectivity index is 2.39. The van der Waals surface area contributed by atoms with Crippen LogP contribution in [0.15, 0.2) is 18.6 Å². The van der Waals surface area contributed by atoms with Gasteiger partial charge in [-0.15, -0.1) is 0 Å². The molecule has 8 nitrogen and oxygen atoms in total. The monoisotopic (exact) mass is 248 g/mol. The molecule has 0 aromatic carbocycles. The van der Waals surface area contributed by atoms with Crippen molar-refractivity contribution in [2.24, 2.45) is 0 Å². The van der Waals surface area contributed by atoms with Gasteiger partial charge in [-0.3, -0.25) is 10.1 Å². The van der Waals surface area contributed by atoms with Gasteiger partial charge < -0.3 is 10.3 Å². The van der Waals surface area contributed by atoms with Crippen molar-refractivity contribution in [2.45, 2.75) is 19.9 Å². The van der Waals surface area contributed by atoms with E-state index in [1.54, 1.807) is 6.20 Å². The topological polar surface area (TPSA) is 113 Å². The molecule has 0 atom stereocenters. The minimum atomic E-state index is -0.520. The zero-order chi connectivity index (χ0) is 13.1. The third-order valence-corrected chi connectivity index (χ3v) is 2.53. The number of anilines is 1. The van der Waals surface area contributed by atoms with E-state index in [0.717, 1.165) is 12.7 Å². The molecule has 0 saturated heterocycles. The van der Waals surface area contributed by atoms with Crippen LogP contribution in [0.1, 0.15) is 18.4 Å². The average molecular weight is 248 g/mol. The van der Waals surface area contributed by atoms with Gasteiger partial charge in [0.05, 0.1) is 11.3 Å². The van der Waals surface area contributed by atoms with E-state index in [9.17, 15) is 10.1 Å². The molecule has 8 heteroatoms. The highest BCUT2D eigenvalue weighted by Gasteiger charge is 2.18. The second-order valence-corrected chi connectivity index (χ2v) is 3.62. The van der Waals surface area contributed by atoms with Gasteiger partial charge in [-0.2, -0.15) is 0 Å². The average Bonchev–Trinajstić information content (AvgIpc) is 2.76. The number of aryl methyl sites for hydroxylation is 1. The Morgan fingerprint density at radius 2 is 2.28 bits per heavy atom. The van der Waals surface area contributed by atoms with Crippen LogP contribution in [0.4, 0.5) is 11.6 Å². The molecular formula is C10H12N6O2. The number of nitrogens with two attached hydrogens (primary N) is 1. The lowest BCUT2D eigenvalue weighted by molar-refractivity contribution is -0.386. The van der Waals surface area contributed by atoms with Gasteiger partial charge in [0, 0.05) is 18.9 Å². The van der Waals surface area contributed by atoms with Crippen LogP contribution in [-0.2, 0) is 13.0 Å². The number of imidazole rings is 1. The van der Waals surface area contributed by atoms with E-state index in [0.29, 0.717) is 5.82 Å². The van der Waals surface area contributed by atoms with Crippen molar-refractivity contribution in [2.75, 3.05) is 5.73 Å². The summed E-state index contributed by atoms with van der Waals surface area (Å²) in [6.07, 6.45) is 4.84. The van der Waals surface area contributed by atoms with E-state index in [1.165, 1.54) is 0 Å². The van der Waals surface area contributed by atoms with E-state index >= 15 is 0 Å². The summed E-state index contributed by atoms with van der Waals surface area (Å²) in [5, 5.41) is 10.9. The third-order valence-electron chi connectivity index (χ3n) is 2.53. The van der Waals surface area contributed by atoms with Gasteiger partial charge >= 0.3 is 5.69 Å². The van der Waals surface area contributed by atoms with Crippen molar-refractivity contribution >= 4 is 11.6 Å². The van der Waals surface area contributed by atoms with Crippen molar-refractivity contribution in [3.05, 3.63) is 40.2 Å². The minimum Gasteiger partial charge on any atom is -0.368 e. The van der Waals surface area contributed by atoms with Crippen LogP contribution in [0.25, 0.3) is 0 Å². The maximum Gasteiger partial charge on any atom is 0.309 e. The number of nitrogens with zero attached hydrogens (tertiary/aromatic N) is 5. The summed E-state index contributed by atoms with van der Waals surface area (Å²) in [5.74, 6) is 0.726. The van der Waals surface area contributed by atoms with Crippen LogP contribution in [0.5, 0.6) is 0 Å². The fourth-order valence-corrected chi connectivity index (χ4v) is 1.65. The Morgan fingerprint density at radius 1 is 1.50 bits per heavy atom. The Morgan fingerprint density at radius 3 is 2.94 bits per heavy atom. The van der Waals surface area contributed by atoms with Crippen molar-refractivity contribution in [3.8, 4) is 0 Å². The Bertz CT molecular complexity index is 579. The molecule has 94 valence electrons. The quantitative estimate of drug-likeness (QED) is 0.631. The number of hydrogen-bond donors (Lipinski definition) is 1. The predicted molar refractivity (Wildman–Crippen MR) is 63.8 cm³/mol. The predicted octanol–water partition coefficient (Wildman–Crippen LogP) is 0.774. The van der Waals surface area contributed by atoms with Crippen LogP contribution < -0.4 is 5.73 Å². The normalized spacial score (nSPS) is 10.5. The van der Waals surface area contributed by atoms with Gasteiger partial charge in [0.25, 0.3) is 0 Å². The summed E-state index contributed by atoms with van der Waals surface area (Å²) in [4.78, 5) is 22.1. The fourth-order valence-electron chi connectivity index (χ4n) is 1.65. The summed E-state index contributed by atoms with van der Waals surface area (Å²) < 4.78 is 1.89. The fraction of sp³-hybridized carbons (Fsp3) is 0.300. The molecule has 2 N–H and O–H groups in total. The summed E-state index contributed by atoms with van der Waals surface area (Å²) in [6, 6.07) is 0. The highest BCUT2D eigenvalue weighted by atomic mass is 16.6. The number of nitrogen functional groups attached to an aromatic ring is 1. The maximum atomic E-state index is 10.9. The first-order valence-electron chi connectivity index (χ1n) is 5.37. The highest BCUT2D eigenvalue weighted by Crippen LogP contribution is 2.18. The summed E-state index contributed by atoms with van der Waals surface area (Å²) in [6.45, 7) is 2.71. The Labute approximate surface area is 103 Å². The smallest absolute Gasteiger partial charge is 0.309 e. The number of hydrogen-bond acceptors (Lipinski definition) is 6. The van der Waals surface area contributed by atoms with Crippen molar-refractivity contribution < 1.29 is 4.92 Å². The van der Waals surface area contributed by atoms with Crippen LogP contribution >= 0.6 is 0 Å². The van der Waals surface area contributed by atoms with Crippen LogP contribution in [0.2, 0.25) is 0 Å². The van der Waals surface area contributed by atoms with Crippen LogP contribution in [-0.4, -0.2) is 24.4 Å². The number of nitro groups is 1. The minimum absolute atomic E-state index is 0.0187. The molecule has 0 fully saturated rings. The molecule has 0 aliphatic carbocycles. The first-order valence-corrected chi connectivity index (χ1v) is 5.37. The summed E-state index contributed by atoms with van der Waals surface area (Å²) >= 11 is 0. The van der Waals surface area contributed by atoms with Gasteiger partial charge in [0.1, 0.15) is 17.7 Å². The molecule has 2 aromatic rings. The van der Waals surface area contributed by atoms with Crippen molar-refractivity contribution in [1.29, 1.82) is 0 Å². The highest BCUT2D eigenvalue weighted by molar-refractivity contribution is 5.38. The molecule has 0 bridgehead atoms. The Kier molecular flexibility index (Phi) is 3.18. The van der Waals surface area contributed by atoms with E-state index in [-0.39, 0.29) is 23.8 Å². The molecular weight excluding hydrogens is 236 g/mol. The van der Waals surface area contributed by atoms with E-state index in [4.69, 9.17) is 5.73 Å². The molecule has 0 spiro atoms. The van der Waals surface area contributed by atoms with Gasteiger partial charge in [0.15, 0.2) is 0 Å². The maximum absolute atomic E-state index is 10.9. The molecule has 18 heavy (non-hydrogen) atoms. The second-order valence-electron chi connectivity index (χ2n) is 3.62. The van der Waals surface area contributed by atoms with Crippen molar-refractivity contribution in [1.82, 2.24) is 19.5 Å². The molecule has 2 heterocycles. The largest absolute Gasteiger partial charge is 0.368 e. The van der Waals surface area contributed by atoms with E-state index in [1.807, 2.05) is 17.7 Å². The molecule has 0 aliphatic rings. The standard InChI is InChI=1S/C10H12N6O2/c1-2-15-4-3-12-9(15)5-7-8(16(17)18)6-13-10(11)14-7/h3-4,6H,2,5H2,1H3,(H2,11,13,14). The van der Waals surface area contributed by atoms with Gasteiger partial charge in [-0.25, -0.2) is 15.0 Å². The van der Waals surface area contributed by atoms with E-state index < -0.39 is 4.92 Å². The Hall–Kier alpha value is -2.51. The zero-order valence-corrected chi connectivity index (χ0v) is 9.78. The van der Waals surface area contributed by atoms with Crippen LogP contribution in [0.3, 0.4) is 0 Å². The third kappa shape index (κ3) is 2.26. The molecule has 0 amide bonds.